The van der Waals surface area contributed by atoms with E-state index in [0.29, 0.717) is 30.6 Å². The van der Waals surface area contributed by atoms with E-state index in [4.69, 9.17) is 28.4 Å². The van der Waals surface area contributed by atoms with Crippen LogP contribution in [0.2, 0.25) is 0 Å². The Morgan fingerprint density at radius 1 is 0.690 bits per heavy atom. The number of esters is 1. The van der Waals surface area contributed by atoms with Crippen molar-refractivity contribution in [1.29, 1.82) is 0 Å². The lowest BCUT2D eigenvalue weighted by Crippen LogP contribution is -2.38. The topological polar surface area (TPSA) is 151 Å². The van der Waals surface area contributed by atoms with Crippen LogP contribution in [0.1, 0.15) is 95.6 Å². The first-order valence-electron chi connectivity index (χ1n) is 19.4. The van der Waals surface area contributed by atoms with Crippen LogP contribution in [0, 0.1) is 0 Å². The van der Waals surface area contributed by atoms with Gasteiger partial charge in [-0.3, -0.25) is 0 Å². The second kappa shape index (κ2) is 23.6. The minimum atomic E-state index is -0.965. The quantitative estimate of drug-likeness (QED) is 0.0936. The van der Waals surface area contributed by atoms with Crippen molar-refractivity contribution >= 4 is 18.2 Å². The number of methoxy groups -OCH3 is 1. The van der Waals surface area contributed by atoms with Gasteiger partial charge in [0.15, 0.2) is 6.04 Å². The van der Waals surface area contributed by atoms with Crippen LogP contribution in [0.5, 0.6) is 11.5 Å². The van der Waals surface area contributed by atoms with Gasteiger partial charge in [0.1, 0.15) is 35.9 Å². The van der Waals surface area contributed by atoms with E-state index in [1.807, 2.05) is 84.9 Å². The Kier molecular flexibility index (Phi) is 19.0. The van der Waals surface area contributed by atoms with Crippen molar-refractivity contribution in [2.45, 2.75) is 104 Å². The fourth-order valence-electron chi connectivity index (χ4n) is 5.28. The van der Waals surface area contributed by atoms with Gasteiger partial charge in [0.2, 0.25) is 0 Å². The van der Waals surface area contributed by atoms with Crippen LogP contribution in [0.25, 0.3) is 0 Å². The summed E-state index contributed by atoms with van der Waals surface area (Å²) in [6.45, 7) is 14.4. The van der Waals surface area contributed by atoms with Crippen LogP contribution >= 0.6 is 0 Å². The predicted octanol–water partition coefficient (Wildman–Crippen LogP) is 9.01. The number of carbonyl (C=O) groups is 3. The zero-order valence-electron chi connectivity index (χ0n) is 35.0. The average molecular weight is 801 g/mol. The van der Waals surface area contributed by atoms with Crippen molar-refractivity contribution in [1.82, 2.24) is 10.6 Å². The lowest BCUT2D eigenvalue weighted by atomic mass is 10.1. The van der Waals surface area contributed by atoms with E-state index in [-0.39, 0.29) is 6.61 Å². The summed E-state index contributed by atoms with van der Waals surface area (Å²) >= 11 is 0. The van der Waals surface area contributed by atoms with E-state index in [9.17, 15) is 19.5 Å². The maximum atomic E-state index is 12.1. The third-order valence-corrected chi connectivity index (χ3v) is 8.12. The zero-order valence-corrected chi connectivity index (χ0v) is 35.0. The molecule has 0 saturated carbocycles. The minimum absolute atomic E-state index is 0.219. The highest BCUT2D eigenvalue weighted by molar-refractivity contribution is 5.82. The molecule has 314 valence electrons. The highest BCUT2D eigenvalue weighted by atomic mass is 16.6. The molecule has 0 radical (unpaired) electrons. The van der Waals surface area contributed by atoms with Gasteiger partial charge < -0.3 is 44.2 Å². The summed E-state index contributed by atoms with van der Waals surface area (Å²) in [6.07, 6.45) is 1.82. The Morgan fingerprint density at radius 2 is 1.14 bits per heavy atom. The Bertz CT molecular complexity index is 1780. The molecule has 12 heteroatoms. The fourth-order valence-corrected chi connectivity index (χ4v) is 5.28. The second-order valence-electron chi connectivity index (χ2n) is 15.5. The Hall–Kier alpha value is -5.59. The second-order valence-corrected chi connectivity index (χ2v) is 15.5. The van der Waals surface area contributed by atoms with E-state index >= 15 is 0 Å². The number of amides is 2. The Morgan fingerprint density at radius 3 is 1.50 bits per heavy atom. The van der Waals surface area contributed by atoms with Crippen LogP contribution in [0.15, 0.2) is 109 Å². The van der Waals surface area contributed by atoms with Gasteiger partial charge in [0.05, 0.1) is 25.9 Å². The number of rotatable bonds is 12. The molecular weight excluding hydrogens is 741 g/mol. The molecule has 1 aliphatic rings. The molecule has 5 rings (SSSR count). The molecule has 12 nitrogen and oxygen atoms in total. The number of ether oxygens (including phenoxy) is 6. The molecule has 0 bridgehead atoms. The van der Waals surface area contributed by atoms with E-state index in [1.54, 1.807) is 65.8 Å². The molecular formula is C46H60N2O10. The first-order chi connectivity index (χ1) is 27.5. The molecule has 1 saturated heterocycles. The van der Waals surface area contributed by atoms with Gasteiger partial charge in [-0.05, 0) is 108 Å². The van der Waals surface area contributed by atoms with Crippen LogP contribution < -0.4 is 20.1 Å². The number of aliphatic hydroxyl groups is 1. The molecule has 2 amide bonds. The molecule has 0 spiro atoms. The normalized spacial score (nSPS) is 14.5. The summed E-state index contributed by atoms with van der Waals surface area (Å²) in [5.74, 6) is 0.795. The van der Waals surface area contributed by atoms with Gasteiger partial charge >= 0.3 is 18.2 Å². The number of hydrogen-bond donors (Lipinski definition) is 3. The van der Waals surface area contributed by atoms with Crippen molar-refractivity contribution in [3.8, 4) is 11.5 Å². The van der Waals surface area contributed by atoms with E-state index < -0.39 is 41.4 Å². The van der Waals surface area contributed by atoms with Crippen LogP contribution in [-0.4, -0.2) is 60.9 Å². The number of alkyl carbamates (subject to hydrolysis) is 2. The molecule has 4 aromatic rings. The van der Waals surface area contributed by atoms with Gasteiger partial charge in [-0.2, -0.15) is 0 Å². The Labute approximate surface area is 343 Å². The van der Waals surface area contributed by atoms with Gasteiger partial charge in [0, 0.05) is 6.61 Å². The number of hydrogen-bond acceptors (Lipinski definition) is 10. The third kappa shape index (κ3) is 18.6. The summed E-state index contributed by atoms with van der Waals surface area (Å²) in [4.78, 5) is 36.0. The molecule has 1 fully saturated rings. The highest BCUT2D eigenvalue weighted by Crippen LogP contribution is 2.22. The number of benzene rings is 4. The van der Waals surface area contributed by atoms with E-state index in [2.05, 4.69) is 17.6 Å². The first kappa shape index (κ1) is 46.8. The largest absolute Gasteiger partial charge is 0.489 e. The summed E-state index contributed by atoms with van der Waals surface area (Å²) < 4.78 is 31.8. The lowest BCUT2D eigenvalue weighted by molar-refractivity contribution is -0.143. The summed E-state index contributed by atoms with van der Waals surface area (Å²) in [5, 5.41) is 14.8. The first-order valence-corrected chi connectivity index (χ1v) is 19.4. The number of carbonyl (C=O) groups excluding carboxylic acids is 3. The zero-order chi connectivity index (χ0) is 42.6. The van der Waals surface area contributed by atoms with Crippen LogP contribution in [-0.2, 0) is 37.0 Å². The van der Waals surface area contributed by atoms with Crippen molar-refractivity contribution in [3.63, 3.8) is 0 Å². The van der Waals surface area contributed by atoms with Gasteiger partial charge in [0.25, 0.3) is 0 Å². The molecule has 3 N–H and O–H groups in total. The Balaban J connectivity index is 0.000000271. The maximum absolute atomic E-state index is 12.1. The van der Waals surface area contributed by atoms with Gasteiger partial charge in [-0.25, -0.2) is 14.4 Å². The molecule has 1 aliphatic heterocycles. The van der Waals surface area contributed by atoms with Crippen LogP contribution in [0.4, 0.5) is 9.59 Å². The monoisotopic (exact) mass is 800 g/mol. The molecule has 3 atom stereocenters. The standard InChI is InChI=1S/C21H25NO5.C20H25NO4.C5H10O/c1-21(2,3)27-20(24)22-18(19(23)25-4)16-10-12-17(13-11-16)26-14-15-8-6-5-7-9-15;1-20(2,3)25-19(23)21-18(13-22)16-9-11-17(12-10-16)24-14-15-7-5-4-6-8-15;1-5-3-2-4-6-5/h5-13,18H,14H2,1-4H3,(H,22,24);4-12,18,22H,13-14H2,1-3H3,(H,21,23);5H,2-4H2,1H3/t2*18-;/m10./s1. The summed E-state index contributed by atoms with van der Waals surface area (Å²) in [7, 11) is 1.27. The van der Waals surface area contributed by atoms with Crippen molar-refractivity contribution in [3.05, 3.63) is 131 Å². The number of nitrogens with one attached hydrogen (secondary N) is 2. The third-order valence-electron chi connectivity index (χ3n) is 8.12. The van der Waals surface area contributed by atoms with E-state index in [0.717, 1.165) is 29.0 Å². The van der Waals surface area contributed by atoms with E-state index in [1.165, 1.54) is 20.0 Å². The predicted molar refractivity (Wildman–Crippen MR) is 222 cm³/mol. The summed E-state index contributed by atoms with van der Waals surface area (Å²) in [6, 6.07) is 32.4. The highest BCUT2D eigenvalue weighted by Gasteiger charge is 2.27. The molecule has 0 aliphatic carbocycles. The lowest BCUT2D eigenvalue weighted by Gasteiger charge is -2.23. The smallest absolute Gasteiger partial charge is 0.408 e. The van der Waals surface area contributed by atoms with Crippen molar-refractivity contribution < 1.29 is 47.9 Å². The van der Waals surface area contributed by atoms with Crippen molar-refractivity contribution in [2.75, 3.05) is 20.3 Å². The number of aliphatic hydroxyl groups excluding tert-OH is 1. The summed E-state index contributed by atoms with van der Waals surface area (Å²) in [5.41, 5.74) is 2.24. The molecule has 58 heavy (non-hydrogen) atoms. The van der Waals surface area contributed by atoms with Gasteiger partial charge in [-0.1, -0.05) is 84.9 Å². The maximum Gasteiger partial charge on any atom is 0.408 e. The van der Waals surface area contributed by atoms with Crippen molar-refractivity contribution in [2.24, 2.45) is 0 Å². The average Bonchev–Trinajstić information content (AvgIpc) is 3.68. The molecule has 0 aromatic heterocycles. The fraction of sp³-hybridized carbons (Fsp3) is 0.413. The minimum Gasteiger partial charge on any atom is -0.489 e. The van der Waals surface area contributed by atoms with Crippen LogP contribution in [0.3, 0.4) is 0 Å². The molecule has 1 unspecified atom stereocenters. The molecule has 1 heterocycles. The SMILES string of the molecule is CC(C)(C)OC(=O)N[C@@H](CO)c1ccc(OCc2ccccc2)cc1.CC1CCCO1.COC(=O)[C@H](NC(=O)OC(C)(C)C)c1ccc(OCc2ccccc2)cc1. The van der Waals surface area contributed by atoms with Gasteiger partial charge in [-0.15, -0.1) is 0 Å². The molecule has 4 aromatic carbocycles.